The third-order valence-electron chi connectivity index (χ3n) is 7.31. The Hall–Kier alpha value is -3.28. The number of benzene rings is 1. The van der Waals surface area contributed by atoms with Crippen molar-refractivity contribution in [2.24, 2.45) is 4.36 Å². The van der Waals surface area contributed by atoms with Crippen molar-refractivity contribution in [2.45, 2.75) is 106 Å². The second-order valence-electron chi connectivity index (χ2n) is 12.2. The Labute approximate surface area is 234 Å². The molecule has 10 nitrogen and oxygen atoms in total. The van der Waals surface area contributed by atoms with Crippen molar-refractivity contribution in [1.29, 1.82) is 0 Å². The first-order valence-electron chi connectivity index (χ1n) is 13.7. The van der Waals surface area contributed by atoms with E-state index in [-0.39, 0.29) is 45.4 Å². The fourth-order valence-corrected chi connectivity index (χ4v) is 6.91. The van der Waals surface area contributed by atoms with Crippen LogP contribution in [-0.4, -0.2) is 48.9 Å². The molecule has 0 radical (unpaired) electrons. The second kappa shape index (κ2) is 10.6. The number of hydrogen-bond acceptors (Lipinski definition) is 8. The highest BCUT2D eigenvalue weighted by molar-refractivity contribution is 7.94. The lowest BCUT2D eigenvalue weighted by molar-refractivity contribution is 0.0607. The topological polar surface area (TPSA) is 132 Å². The summed E-state index contributed by atoms with van der Waals surface area (Å²) in [6.45, 7) is 7.10. The van der Waals surface area contributed by atoms with Gasteiger partial charge in [0.15, 0.2) is 0 Å². The zero-order valence-corrected chi connectivity index (χ0v) is 24.1. The summed E-state index contributed by atoms with van der Waals surface area (Å²) in [5, 5.41) is 5.46. The molecule has 3 saturated carbocycles. The van der Waals surface area contributed by atoms with Gasteiger partial charge in [-0.15, -0.1) is 4.36 Å². The number of ether oxygens (including phenoxy) is 2. The monoisotopic (exact) mass is 573 g/mol. The van der Waals surface area contributed by atoms with Gasteiger partial charge >= 0.3 is 12.2 Å². The molecule has 0 aliphatic heterocycles. The second-order valence-corrected chi connectivity index (χ2v) is 14.6. The number of alkyl carbamates (subject to hydrolysis) is 1. The molecular formula is C28H36FN5O5S. The van der Waals surface area contributed by atoms with Gasteiger partial charge in [-0.05, 0) is 102 Å². The van der Waals surface area contributed by atoms with E-state index in [4.69, 9.17) is 9.47 Å². The Morgan fingerprint density at radius 1 is 1.12 bits per heavy atom. The molecule has 12 heteroatoms. The van der Waals surface area contributed by atoms with E-state index in [1.807, 2.05) is 6.92 Å². The number of nitrogens with zero attached hydrogens (tertiary/aromatic N) is 3. The van der Waals surface area contributed by atoms with E-state index < -0.39 is 27.2 Å². The quantitative estimate of drug-likeness (QED) is 0.400. The number of carbonyl (C=O) groups excluding carboxylic acids is 2. The lowest BCUT2D eigenvalue weighted by atomic mass is 10.0. The molecule has 1 aromatic carbocycles. The molecular weight excluding hydrogens is 537 g/mol. The summed E-state index contributed by atoms with van der Waals surface area (Å²) in [4.78, 5) is 33.2. The summed E-state index contributed by atoms with van der Waals surface area (Å²) in [6, 6.07) is 4.09. The lowest BCUT2D eigenvalue weighted by Crippen LogP contribution is -2.36. The Kier molecular flexibility index (Phi) is 7.49. The summed E-state index contributed by atoms with van der Waals surface area (Å²) in [5.41, 5.74) is 0.139. The predicted molar refractivity (Wildman–Crippen MR) is 147 cm³/mol. The average molecular weight is 574 g/mol. The fraction of sp³-hybridized carbons (Fsp3) is 0.571. The summed E-state index contributed by atoms with van der Waals surface area (Å²) in [6.07, 6.45) is 7.54. The Morgan fingerprint density at radius 2 is 1.82 bits per heavy atom. The van der Waals surface area contributed by atoms with Crippen LogP contribution in [0.4, 0.5) is 25.6 Å². The Balaban J connectivity index is 1.21. The highest BCUT2D eigenvalue weighted by Crippen LogP contribution is 2.38. The maximum Gasteiger partial charge on any atom is 0.442 e. The number of rotatable bonds is 7. The smallest absolute Gasteiger partial charge is 0.442 e. The van der Waals surface area contributed by atoms with Gasteiger partial charge in [0.1, 0.15) is 17.5 Å². The molecule has 2 aromatic rings. The minimum absolute atomic E-state index is 0.107. The first-order chi connectivity index (χ1) is 18.8. The number of hydrogen-bond donors (Lipinski definition) is 2. The zero-order valence-electron chi connectivity index (χ0n) is 23.2. The van der Waals surface area contributed by atoms with Crippen molar-refractivity contribution in [3.8, 4) is 0 Å². The van der Waals surface area contributed by atoms with Crippen LogP contribution in [0.1, 0.15) is 84.1 Å². The Morgan fingerprint density at radius 3 is 2.42 bits per heavy atom. The van der Waals surface area contributed by atoms with Gasteiger partial charge in [0.05, 0.1) is 20.3 Å². The van der Waals surface area contributed by atoms with Crippen LogP contribution < -0.4 is 10.6 Å². The maximum absolute atomic E-state index is 15.1. The SMILES string of the molecule is CC1(NC(=O)OC2CCC(c3cnc(Nc4ccc(S(=O)(=NC(=O)OC(C)(C)C)C5CC5)cc4F)nc3)C2)CC1. The number of nitrogens with one attached hydrogen (secondary N) is 2. The molecule has 0 spiro atoms. The van der Waals surface area contributed by atoms with Crippen molar-refractivity contribution in [3.63, 3.8) is 0 Å². The maximum atomic E-state index is 15.1. The normalized spacial score (nSPS) is 23.0. The number of anilines is 2. The van der Waals surface area contributed by atoms with Crippen LogP contribution in [0.25, 0.3) is 0 Å². The molecule has 40 heavy (non-hydrogen) atoms. The van der Waals surface area contributed by atoms with Crippen molar-refractivity contribution in [2.75, 3.05) is 5.32 Å². The standard InChI is InChI=1S/C28H36FN5O5S/c1-27(2,3)39-26(36)34-40(37,20-7-8-20)21-9-10-23(22(29)14-21)32-24-30-15-18(16-31-24)17-5-6-19(13-17)38-25(35)33-28(4)11-12-28/h9-10,14-17,19-20H,5-8,11-13H2,1-4H3,(H,33,35)(H,30,31,32). The van der Waals surface area contributed by atoms with Crippen LogP contribution in [0.5, 0.6) is 0 Å². The van der Waals surface area contributed by atoms with E-state index in [1.54, 1.807) is 33.2 Å². The molecule has 3 aliphatic rings. The van der Waals surface area contributed by atoms with Gasteiger partial charge in [0.25, 0.3) is 0 Å². The zero-order chi connectivity index (χ0) is 28.7. The summed E-state index contributed by atoms with van der Waals surface area (Å²) < 4.78 is 43.5. The van der Waals surface area contributed by atoms with E-state index in [0.29, 0.717) is 19.3 Å². The molecule has 5 rings (SSSR count). The first kappa shape index (κ1) is 28.3. The van der Waals surface area contributed by atoms with Gasteiger partial charge in [-0.1, -0.05) is 0 Å². The van der Waals surface area contributed by atoms with Crippen LogP contribution in [0, 0.1) is 5.82 Å². The van der Waals surface area contributed by atoms with Crippen molar-refractivity contribution in [3.05, 3.63) is 42.0 Å². The molecule has 2 amide bonds. The molecule has 2 N–H and O–H groups in total. The van der Waals surface area contributed by atoms with Gasteiger partial charge in [-0.2, -0.15) is 0 Å². The fourth-order valence-electron chi connectivity index (χ4n) is 4.70. The molecule has 216 valence electrons. The number of aromatic nitrogens is 2. The highest BCUT2D eigenvalue weighted by Gasteiger charge is 2.40. The van der Waals surface area contributed by atoms with Crippen LogP contribution in [0.2, 0.25) is 0 Å². The molecule has 0 saturated heterocycles. The summed E-state index contributed by atoms with van der Waals surface area (Å²) in [5.74, 6) is -0.282. The third kappa shape index (κ3) is 6.89. The number of carbonyl (C=O) groups is 2. The molecule has 0 bridgehead atoms. The summed E-state index contributed by atoms with van der Waals surface area (Å²) >= 11 is 0. The first-order valence-corrected chi connectivity index (χ1v) is 15.3. The van der Waals surface area contributed by atoms with E-state index in [0.717, 1.165) is 37.3 Å². The van der Waals surface area contributed by atoms with Gasteiger partial charge in [-0.25, -0.2) is 28.2 Å². The minimum Gasteiger partial charge on any atom is -0.446 e. The van der Waals surface area contributed by atoms with Crippen LogP contribution in [-0.2, 0) is 19.2 Å². The predicted octanol–water partition coefficient (Wildman–Crippen LogP) is 6.20. The molecule has 3 aliphatic carbocycles. The van der Waals surface area contributed by atoms with E-state index in [1.165, 1.54) is 12.1 Å². The van der Waals surface area contributed by atoms with Gasteiger partial charge in [-0.3, -0.25) is 0 Å². The minimum atomic E-state index is -3.17. The molecule has 3 unspecified atom stereocenters. The largest absolute Gasteiger partial charge is 0.446 e. The molecule has 1 heterocycles. The summed E-state index contributed by atoms with van der Waals surface area (Å²) in [7, 11) is -3.17. The Bertz CT molecular complexity index is 1410. The molecule has 1 aromatic heterocycles. The number of amides is 2. The van der Waals surface area contributed by atoms with Crippen molar-refractivity contribution < 1.29 is 27.7 Å². The van der Waals surface area contributed by atoms with Gasteiger partial charge in [0, 0.05) is 23.2 Å². The van der Waals surface area contributed by atoms with Crippen molar-refractivity contribution >= 4 is 33.6 Å². The van der Waals surface area contributed by atoms with E-state index >= 15 is 4.39 Å². The van der Waals surface area contributed by atoms with Crippen LogP contribution in [0.3, 0.4) is 0 Å². The lowest BCUT2D eigenvalue weighted by Gasteiger charge is -2.18. The van der Waals surface area contributed by atoms with Crippen LogP contribution >= 0.6 is 0 Å². The molecule has 3 fully saturated rings. The number of halogens is 1. The third-order valence-corrected chi connectivity index (χ3v) is 10.0. The van der Waals surface area contributed by atoms with E-state index in [2.05, 4.69) is 25.0 Å². The van der Waals surface area contributed by atoms with Crippen LogP contribution in [0.15, 0.2) is 39.9 Å². The van der Waals surface area contributed by atoms with E-state index in [9.17, 15) is 13.8 Å². The van der Waals surface area contributed by atoms with Gasteiger partial charge in [0.2, 0.25) is 5.95 Å². The van der Waals surface area contributed by atoms with Gasteiger partial charge < -0.3 is 20.1 Å². The highest BCUT2D eigenvalue weighted by atomic mass is 32.2. The average Bonchev–Trinajstić information content (AvgIpc) is 3.79. The van der Waals surface area contributed by atoms with Crippen molar-refractivity contribution in [1.82, 2.24) is 15.3 Å². The molecule has 3 atom stereocenters.